The zero-order valence-electron chi connectivity index (χ0n) is 16.6. The van der Waals surface area contributed by atoms with Gasteiger partial charge in [0, 0.05) is 36.9 Å². The highest BCUT2D eigenvalue weighted by atomic mass is 32.2. The Morgan fingerprint density at radius 2 is 0.875 bits per heavy atom. The molecule has 2 atom stereocenters. The van der Waals surface area contributed by atoms with Gasteiger partial charge in [-0.3, -0.25) is 0 Å². The van der Waals surface area contributed by atoms with Crippen LogP contribution in [0.25, 0.3) is 0 Å². The lowest BCUT2D eigenvalue weighted by Gasteiger charge is -2.40. The fraction of sp³-hybridized carbons (Fsp3) is 1.00. The summed E-state index contributed by atoms with van der Waals surface area (Å²) in [5.41, 5.74) is 0. The minimum atomic E-state index is -1.63. The van der Waals surface area contributed by atoms with Gasteiger partial charge in [-0.05, 0) is 25.7 Å². The van der Waals surface area contributed by atoms with E-state index in [1.54, 1.807) is 0 Å². The van der Waals surface area contributed by atoms with Gasteiger partial charge in [0.15, 0.2) is 0 Å². The van der Waals surface area contributed by atoms with Gasteiger partial charge < -0.3 is 14.8 Å². The number of aliphatic hydroxyl groups is 2. The lowest BCUT2D eigenvalue weighted by Crippen LogP contribution is -2.52. The van der Waals surface area contributed by atoms with E-state index in [1.165, 1.54) is 0 Å². The van der Waals surface area contributed by atoms with E-state index in [0.717, 1.165) is 64.2 Å². The Hall–Kier alpha value is 0.230. The molecule has 0 heterocycles. The van der Waals surface area contributed by atoms with Crippen LogP contribution in [0.2, 0.25) is 0 Å². The molecule has 0 radical (unpaired) electrons. The molecule has 0 rings (SSSR count). The summed E-state index contributed by atoms with van der Waals surface area (Å²) < 4.78 is 13.3. The monoisotopic (exact) mass is 362 g/mol. The first-order chi connectivity index (χ1) is 11.4. The Kier molecular flexibility index (Phi) is 13.6. The van der Waals surface area contributed by atoms with Gasteiger partial charge in [0.1, 0.15) is 0 Å². The zero-order chi connectivity index (χ0) is 18.5. The van der Waals surface area contributed by atoms with Gasteiger partial charge in [0.25, 0.3) is 0 Å². The van der Waals surface area contributed by atoms with E-state index in [-0.39, 0.29) is 0 Å². The average molecular weight is 363 g/mol. The van der Waals surface area contributed by atoms with Gasteiger partial charge in [-0.1, -0.05) is 66.2 Å². The highest BCUT2D eigenvalue weighted by Gasteiger charge is 2.51. The normalized spacial score (nSPS) is 18.1. The zero-order valence-corrected chi connectivity index (χ0v) is 17.4. The van der Waals surface area contributed by atoms with Crippen molar-refractivity contribution in [2.24, 2.45) is 0 Å². The number of hydrogen-bond acceptors (Lipinski definition) is 3. The van der Waals surface area contributed by atoms with Crippen LogP contribution >= 0.6 is 0 Å². The molecule has 0 aromatic carbocycles. The number of rotatable bonds is 16. The smallest absolute Gasteiger partial charge is 0.225 e. The van der Waals surface area contributed by atoms with E-state index in [2.05, 4.69) is 27.7 Å². The van der Waals surface area contributed by atoms with E-state index in [1.807, 2.05) is 0 Å². The summed E-state index contributed by atoms with van der Waals surface area (Å²) in [6, 6.07) is 0. The van der Waals surface area contributed by atoms with Crippen LogP contribution in [0.15, 0.2) is 0 Å². The fourth-order valence-electron chi connectivity index (χ4n) is 3.18. The molecule has 3 nitrogen and oxygen atoms in total. The van der Waals surface area contributed by atoms with Crippen LogP contribution in [0.1, 0.15) is 118 Å². The summed E-state index contributed by atoms with van der Waals surface area (Å²) in [4.78, 5) is -2.47. The second kappa shape index (κ2) is 13.4. The number of hydrogen-bond donors (Lipinski definition) is 2. The van der Waals surface area contributed by atoms with Crippen molar-refractivity contribution in [1.29, 1.82) is 0 Å². The van der Waals surface area contributed by atoms with Crippen LogP contribution < -0.4 is 0 Å². The van der Waals surface area contributed by atoms with Crippen molar-refractivity contribution in [3.8, 4) is 0 Å². The molecule has 0 amide bonds. The topological polar surface area (TPSA) is 63.5 Å². The Bertz CT molecular complexity index is 273. The SMILES string of the molecule is CCCCCC(O)(CCCC)[S+]([O-])C(O)(CCCC)CCCCC. The molecule has 0 aromatic rings. The van der Waals surface area contributed by atoms with Crippen LogP contribution in [0.3, 0.4) is 0 Å². The first kappa shape index (κ1) is 24.2. The third-order valence-corrected chi connectivity index (χ3v) is 7.07. The molecule has 0 saturated heterocycles. The summed E-state index contributed by atoms with van der Waals surface area (Å²) in [6.07, 6.45) is 11.8. The lowest BCUT2D eigenvalue weighted by molar-refractivity contribution is 0.0573. The summed E-state index contributed by atoms with van der Waals surface area (Å²) in [5.74, 6) is 0. The van der Waals surface area contributed by atoms with Gasteiger partial charge in [-0.25, -0.2) is 0 Å². The molecule has 0 aliphatic heterocycles. The molecule has 146 valence electrons. The van der Waals surface area contributed by atoms with E-state index < -0.39 is 21.0 Å². The Morgan fingerprint density at radius 3 is 1.17 bits per heavy atom. The molecule has 2 N–H and O–H groups in total. The maximum atomic E-state index is 13.3. The quantitative estimate of drug-likeness (QED) is 0.275. The van der Waals surface area contributed by atoms with Crippen molar-refractivity contribution < 1.29 is 14.8 Å². The van der Waals surface area contributed by atoms with Gasteiger partial charge >= 0.3 is 0 Å². The van der Waals surface area contributed by atoms with Crippen LogP contribution in [0, 0.1) is 0 Å². The molecule has 0 fully saturated rings. The predicted octanol–water partition coefficient (Wildman–Crippen LogP) is 5.65. The third kappa shape index (κ3) is 8.55. The highest BCUT2D eigenvalue weighted by molar-refractivity contribution is 7.93. The second-order valence-corrected chi connectivity index (χ2v) is 9.34. The van der Waals surface area contributed by atoms with Crippen molar-refractivity contribution in [3.05, 3.63) is 0 Å². The van der Waals surface area contributed by atoms with Crippen molar-refractivity contribution in [3.63, 3.8) is 0 Å². The van der Waals surface area contributed by atoms with E-state index in [4.69, 9.17) is 0 Å². The molecule has 24 heavy (non-hydrogen) atoms. The first-order valence-electron chi connectivity index (χ1n) is 10.3. The lowest BCUT2D eigenvalue weighted by atomic mass is 10.0. The maximum Gasteiger partial charge on any atom is 0.225 e. The standard InChI is InChI=1S/C20H42O3S/c1-5-9-13-17-19(21,15-11-7-3)24(23)20(22,16-12-8-4)18-14-10-6-2/h21-22H,5-18H2,1-4H3. The molecule has 0 bridgehead atoms. The maximum absolute atomic E-state index is 13.3. The average Bonchev–Trinajstić information content (AvgIpc) is 2.58. The molecule has 0 saturated carbocycles. The van der Waals surface area contributed by atoms with Crippen molar-refractivity contribution in [2.75, 3.05) is 0 Å². The summed E-state index contributed by atoms with van der Waals surface area (Å²) >= 11 is -1.63. The van der Waals surface area contributed by atoms with Gasteiger partial charge in [-0.2, -0.15) is 0 Å². The highest BCUT2D eigenvalue weighted by Crippen LogP contribution is 2.40. The molecule has 4 heteroatoms. The van der Waals surface area contributed by atoms with Gasteiger partial charge in [0.05, 0.1) is 0 Å². The number of unbranched alkanes of at least 4 members (excludes halogenated alkanes) is 6. The second-order valence-electron chi connectivity index (χ2n) is 7.28. The molecule has 0 spiro atoms. The predicted molar refractivity (Wildman–Crippen MR) is 105 cm³/mol. The summed E-state index contributed by atoms with van der Waals surface area (Å²) in [7, 11) is 0. The molecule has 0 aliphatic rings. The summed E-state index contributed by atoms with van der Waals surface area (Å²) in [6.45, 7) is 8.43. The largest absolute Gasteiger partial charge is 0.612 e. The van der Waals surface area contributed by atoms with E-state index in [9.17, 15) is 14.8 Å². The first-order valence-corrected chi connectivity index (χ1v) is 11.4. The van der Waals surface area contributed by atoms with Gasteiger partial charge in [0.2, 0.25) is 9.87 Å². The van der Waals surface area contributed by atoms with Crippen molar-refractivity contribution in [2.45, 2.75) is 127 Å². The Balaban J connectivity index is 5.16. The van der Waals surface area contributed by atoms with Crippen LogP contribution in [-0.4, -0.2) is 24.6 Å². The molecular weight excluding hydrogens is 320 g/mol. The van der Waals surface area contributed by atoms with E-state index in [0.29, 0.717) is 25.7 Å². The minimum Gasteiger partial charge on any atom is -0.612 e. The van der Waals surface area contributed by atoms with Crippen LogP contribution in [0.4, 0.5) is 0 Å². The molecular formula is C20H42O3S. The van der Waals surface area contributed by atoms with Crippen molar-refractivity contribution >= 4 is 11.2 Å². The van der Waals surface area contributed by atoms with Crippen molar-refractivity contribution in [1.82, 2.24) is 0 Å². The molecule has 2 unspecified atom stereocenters. The minimum absolute atomic E-state index is 0.530. The molecule has 0 aromatic heterocycles. The van der Waals surface area contributed by atoms with E-state index >= 15 is 0 Å². The van der Waals surface area contributed by atoms with Gasteiger partial charge in [-0.15, -0.1) is 0 Å². The van der Waals surface area contributed by atoms with Crippen LogP contribution in [0.5, 0.6) is 0 Å². The molecule has 0 aliphatic carbocycles. The Labute approximate surface area is 153 Å². The Morgan fingerprint density at radius 1 is 0.583 bits per heavy atom. The third-order valence-electron chi connectivity index (χ3n) is 4.87. The summed E-state index contributed by atoms with van der Waals surface area (Å²) in [5, 5.41) is 22.3. The fourth-order valence-corrected chi connectivity index (χ4v) is 5.21. The van der Waals surface area contributed by atoms with Crippen LogP contribution in [-0.2, 0) is 11.2 Å².